The topological polar surface area (TPSA) is 57.0 Å². The van der Waals surface area contributed by atoms with Crippen LogP contribution in [0.1, 0.15) is 16.9 Å². The molecule has 0 amide bonds. The van der Waals surface area contributed by atoms with Crippen molar-refractivity contribution < 1.29 is 4.42 Å². The van der Waals surface area contributed by atoms with Gasteiger partial charge in [0, 0.05) is 17.1 Å². The zero-order chi connectivity index (χ0) is 12.5. The molecule has 4 heteroatoms. The number of furan rings is 1. The number of rotatable bonds is 3. The average molecular weight is 241 g/mol. The van der Waals surface area contributed by atoms with Crippen LogP contribution in [0.4, 0.5) is 0 Å². The molecule has 92 valence electrons. The van der Waals surface area contributed by atoms with Crippen LogP contribution in [0.5, 0.6) is 0 Å². The van der Waals surface area contributed by atoms with E-state index in [2.05, 4.69) is 11.2 Å². The van der Waals surface area contributed by atoms with Crippen LogP contribution in [-0.4, -0.2) is 9.78 Å². The van der Waals surface area contributed by atoms with E-state index in [0.717, 1.165) is 27.9 Å². The number of fused-ring (bicyclic) bond motifs is 1. The zero-order valence-corrected chi connectivity index (χ0v) is 10.3. The smallest absolute Gasteiger partial charge is 0.134 e. The van der Waals surface area contributed by atoms with Crippen LogP contribution in [0.2, 0.25) is 0 Å². The van der Waals surface area contributed by atoms with E-state index in [4.69, 9.17) is 10.2 Å². The predicted molar refractivity (Wildman–Crippen MR) is 70.2 cm³/mol. The summed E-state index contributed by atoms with van der Waals surface area (Å²) in [7, 11) is 0. The van der Waals surface area contributed by atoms with Gasteiger partial charge in [-0.2, -0.15) is 5.10 Å². The molecule has 0 bridgehead atoms. The first-order chi connectivity index (χ1) is 8.78. The highest BCUT2D eigenvalue weighted by Gasteiger charge is 2.13. The Hall–Kier alpha value is -2.07. The number of nitrogens with two attached hydrogens (primary N) is 1. The molecule has 0 fully saturated rings. The van der Waals surface area contributed by atoms with Crippen LogP contribution in [-0.2, 0) is 13.1 Å². The maximum Gasteiger partial charge on any atom is 0.134 e. The van der Waals surface area contributed by atoms with Gasteiger partial charge in [-0.1, -0.05) is 18.2 Å². The van der Waals surface area contributed by atoms with Crippen molar-refractivity contribution in [2.45, 2.75) is 20.0 Å². The highest BCUT2D eigenvalue weighted by Crippen LogP contribution is 2.26. The van der Waals surface area contributed by atoms with Crippen molar-refractivity contribution in [1.29, 1.82) is 0 Å². The Kier molecular flexibility index (Phi) is 2.64. The molecule has 0 aliphatic carbocycles. The fourth-order valence-corrected chi connectivity index (χ4v) is 2.20. The summed E-state index contributed by atoms with van der Waals surface area (Å²) in [6.45, 7) is 3.13. The standard InChI is InChI=1S/C14H15N3O/c1-10-7-16-17(8-10)9-12-11-4-2-3-5-13(11)18-14(12)6-15/h2-5,7-8H,6,9,15H2,1H3. The number of hydrogen-bond acceptors (Lipinski definition) is 3. The summed E-state index contributed by atoms with van der Waals surface area (Å²) in [5, 5.41) is 5.42. The summed E-state index contributed by atoms with van der Waals surface area (Å²) in [4.78, 5) is 0. The maximum absolute atomic E-state index is 5.76. The fraction of sp³-hybridized carbons (Fsp3) is 0.214. The van der Waals surface area contributed by atoms with Gasteiger partial charge in [-0.05, 0) is 18.6 Å². The molecular weight excluding hydrogens is 226 g/mol. The van der Waals surface area contributed by atoms with Gasteiger partial charge in [-0.15, -0.1) is 0 Å². The first-order valence-corrected chi connectivity index (χ1v) is 5.96. The molecule has 0 spiro atoms. The van der Waals surface area contributed by atoms with Gasteiger partial charge in [0.1, 0.15) is 11.3 Å². The van der Waals surface area contributed by atoms with Crippen molar-refractivity contribution in [3.8, 4) is 0 Å². The summed E-state index contributed by atoms with van der Waals surface area (Å²) >= 11 is 0. The number of nitrogens with zero attached hydrogens (tertiary/aromatic N) is 2. The van der Waals surface area contributed by atoms with Crippen molar-refractivity contribution in [2.24, 2.45) is 5.73 Å². The van der Waals surface area contributed by atoms with Gasteiger partial charge in [-0.3, -0.25) is 4.68 Å². The van der Waals surface area contributed by atoms with Crippen LogP contribution in [0.3, 0.4) is 0 Å². The van der Waals surface area contributed by atoms with Gasteiger partial charge in [0.2, 0.25) is 0 Å². The normalized spacial score (nSPS) is 11.2. The molecule has 2 N–H and O–H groups in total. The van der Waals surface area contributed by atoms with Crippen LogP contribution < -0.4 is 5.73 Å². The Morgan fingerprint density at radius 3 is 2.89 bits per heavy atom. The second-order valence-electron chi connectivity index (χ2n) is 4.42. The molecule has 0 saturated carbocycles. The summed E-state index contributed by atoms with van der Waals surface area (Å²) in [5.74, 6) is 0.837. The van der Waals surface area contributed by atoms with Gasteiger partial charge < -0.3 is 10.2 Å². The quantitative estimate of drug-likeness (QED) is 0.766. The predicted octanol–water partition coefficient (Wildman–Crippen LogP) is 2.44. The minimum Gasteiger partial charge on any atom is -0.459 e. The second kappa shape index (κ2) is 4.31. The first-order valence-electron chi connectivity index (χ1n) is 5.96. The van der Waals surface area contributed by atoms with Crippen molar-refractivity contribution in [3.63, 3.8) is 0 Å². The molecular formula is C14H15N3O. The lowest BCUT2D eigenvalue weighted by molar-refractivity contribution is 0.538. The third kappa shape index (κ3) is 1.80. The molecule has 1 aromatic carbocycles. The Bertz CT molecular complexity index is 681. The molecule has 4 nitrogen and oxygen atoms in total. The fourth-order valence-electron chi connectivity index (χ4n) is 2.20. The molecule has 3 aromatic rings. The lowest BCUT2D eigenvalue weighted by Gasteiger charge is -2.01. The molecule has 18 heavy (non-hydrogen) atoms. The second-order valence-corrected chi connectivity index (χ2v) is 4.42. The molecule has 2 aromatic heterocycles. The highest BCUT2D eigenvalue weighted by atomic mass is 16.3. The SMILES string of the molecule is Cc1cnn(Cc2c(CN)oc3ccccc23)c1. The Morgan fingerprint density at radius 2 is 2.17 bits per heavy atom. The van der Waals surface area contributed by atoms with Gasteiger partial charge >= 0.3 is 0 Å². The van der Waals surface area contributed by atoms with E-state index < -0.39 is 0 Å². The van der Waals surface area contributed by atoms with Crippen LogP contribution in [0.15, 0.2) is 41.1 Å². The molecule has 0 radical (unpaired) electrons. The zero-order valence-electron chi connectivity index (χ0n) is 10.3. The molecule has 0 aliphatic heterocycles. The molecule has 3 rings (SSSR count). The summed E-state index contributed by atoms with van der Waals surface area (Å²) in [5.41, 5.74) is 8.91. The minimum absolute atomic E-state index is 0.407. The highest BCUT2D eigenvalue weighted by molar-refractivity contribution is 5.82. The van der Waals surface area contributed by atoms with E-state index in [-0.39, 0.29) is 0 Å². The van der Waals surface area contributed by atoms with Gasteiger partial charge in [0.05, 0.1) is 19.3 Å². The molecule has 0 saturated heterocycles. The monoisotopic (exact) mass is 241 g/mol. The van der Waals surface area contributed by atoms with Gasteiger partial charge in [-0.25, -0.2) is 0 Å². The van der Waals surface area contributed by atoms with Gasteiger partial charge in [0.25, 0.3) is 0 Å². The maximum atomic E-state index is 5.76. The van der Waals surface area contributed by atoms with Gasteiger partial charge in [0.15, 0.2) is 0 Å². The molecule has 0 atom stereocenters. The van der Waals surface area contributed by atoms with E-state index in [1.54, 1.807) is 0 Å². The van der Waals surface area contributed by atoms with E-state index >= 15 is 0 Å². The number of benzene rings is 1. The van der Waals surface area contributed by atoms with E-state index in [9.17, 15) is 0 Å². The van der Waals surface area contributed by atoms with E-state index in [1.165, 1.54) is 0 Å². The molecule has 2 heterocycles. The Morgan fingerprint density at radius 1 is 1.33 bits per heavy atom. The number of hydrogen-bond donors (Lipinski definition) is 1. The van der Waals surface area contributed by atoms with Crippen molar-refractivity contribution in [2.75, 3.05) is 0 Å². The van der Waals surface area contributed by atoms with Crippen molar-refractivity contribution >= 4 is 11.0 Å². The number of para-hydroxylation sites is 1. The first kappa shape index (κ1) is 11.0. The lowest BCUT2D eigenvalue weighted by Crippen LogP contribution is -2.04. The van der Waals surface area contributed by atoms with E-state index in [0.29, 0.717) is 13.1 Å². The number of aryl methyl sites for hydroxylation is 1. The van der Waals surface area contributed by atoms with Crippen LogP contribution in [0.25, 0.3) is 11.0 Å². The number of aromatic nitrogens is 2. The third-order valence-electron chi connectivity index (χ3n) is 3.05. The Balaban J connectivity index is 2.09. The lowest BCUT2D eigenvalue weighted by atomic mass is 10.1. The summed E-state index contributed by atoms with van der Waals surface area (Å²) < 4.78 is 7.67. The van der Waals surface area contributed by atoms with Crippen molar-refractivity contribution in [1.82, 2.24) is 9.78 Å². The summed E-state index contributed by atoms with van der Waals surface area (Å²) in [6, 6.07) is 8.00. The average Bonchev–Trinajstić information content (AvgIpc) is 2.94. The largest absolute Gasteiger partial charge is 0.459 e. The molecule has 0 unspecified atom stereocenters. The van der Waals surface area contributed by atoms with E-state index in [1.807, 2.05) is 42.2 Å². The van der Waals surface area contributed by atoms with Crippen LogP contribution in [0, 0.1) is 6.92 Å². The Labute approximate surface area is 105 Å². The minimum atomic E-state index is 0.407. The summed E-state index contributed by atoms with van der Waals surface area (Å²) in [6.07, 6.45) is 3.87. The third-order valence-corrected chi connectivity index (χ3v) is 3.05. The molecule has 0 aliphatic rings. The van der Waals surface area contributed by atoms with Crippen molar-refractivity contribution in [3.05, 3.63) is 53.5 Å². The van der Waals surface area contributed by atoms with Crippen LogP contribution >= 0.6 is 0 Å².